The maximum Gasteiger partial charge on any atom is 0.129 e. The Morgan fingerprint density at radius 2 is 1.52 bits per heavy atom. The normalized spacial score (nSPS) is 22.1. The molecule has 130 valence electrons. The molecule has 2 aromatic carbocycles. The largest absolute Gasteiger partial charge is 0.131 e. The van der Waals surface area contributed by atoms with Crippen molar-refractivity contribution in [3.05, 3.63) is 71.8 Å². The minimum Gasteiger partial charge on any atom is -0.131 e. The first-order chi connectivity index (χ1) is 12.0. The van der Waals surface area contributed by atoms with Gasteiger partial charge in [0.25, 0.3) is 0 Å². The van der Waals surface area contributed by atoms with Gasteiger partial charge in [0.1, 0.15) is 8.07 Å². The van der Waals surface area contributed by atoms with E-state index in [4.69, 9.17) is 0 Å². The predicted molar refractivity (Wildman–Crippen MR) is 111 cm³/mol. The molecule has 0 saturated heterocycles. The first-order valence-electron chi connectivity index (χ1n) is 9.59. The fourth-order valence-corrected chi connectivity index (χ4v) is 4.26. The van der Waals surface area contributed by atoms with Crippen molar-refractivity contribution in [1.82, 2.24) is 0 Å². The summed E-state index contributed by atoms with van der Waals surface area (Å²) in [6, 6.07) is 21.8. The summed E-state index contributed by atoms with van der Waals surface area (Å²) in [5.74, 6) is 4.52. The van der Waals surface area contributed by atoms with Gasteiger partial charge in [-0.25, -0.2) is 0 Å². The van der Waals surface area contributed by atoms with Crippen molar-refractivity contribution >= 4 is 8.07 Å². The number of hydrogen-bond acceptors (Lipinski definition) is 0. The molecular formula is C24H30Si. The minimum atomic E-state index is -1.31. The van der Waals surface area contributed by atoms with Crippen LogP contribution in [0.1, 0.15) is 30.4 Å². The molecule has 2 unspecified atom stereocenters. The summed E-state index contributed by atoms with van der Waals surface area (Å²) in [6.07, 6.45) is 6.14. The van der Waals surface area contributed by atoms with Crippen LogP contribution in [0.5, 0.6) is 0 Å². The maximum absolute atomic E-state index is 3.78. The lowest BCUT2D eigenvalue weighted by Gasteiger charge is -2.13. The van der Waals surface area contributed by atoms with E-state index in [1.54, 1.807) is 0 Å². The highest BCUT2D eigenvalue weighted by Crippen LogP contribution is 2.57. The third-order valence-electron chi connectivity index (χ3n) is 5.17. The smallest absolute Gasteiger partial charge is 0.129 e. The molecule has 2 atom stereocenters. The summed E-state index contributed by atoms with van der Waals surface area (Å²) in [6.45, 7) is 7.06. The molecule has 0 bridgehead atoms. The van der Waals surface area contributed by atoms with Crippen LogP contribution in [0, 0.1) is 22.8 Å². The van der Waals surface area contributed by atoms with Gasteiger partial charge in [0.2, 0.25) is 0 Å². The molecule has 1 saturated carbocycles. The zero-order valence-corrected chi connectivity index (χ0v) is 16.9. The molecule has 0 aliphatic heterocycles. The first-order valence-corrected chi connectivity index (χ1v) is 13.1. The highest BCUT2D eigenvalue weighted by Gasteiger charge is 2.51. The van der Waals surface area contributed by atoms with Crippen molar-refractivity contribution < 1.29 is 0 Å². The van der Waals surface area contributed by atoms with Gasteiger partial charge in [0.15, 0.2) is 0 Å². The predicted octanol–water partition coefficient (Wildman–Crippen LogP) is 6.14. The SMILES string of the molecule is C[Si](C)(C)C#CC1(CCCc2ccccc2)CC1Cc1ccccc1. The third kappa shape index (κ3) is 5.35. The molecule has 1 aliphatic carbocycles. The van der Waals surface area contributed by atoms with E-state index in [0.29, 0.717) is 0 Å². The van der Waals surface area contributed by atoms with Crippen LogP contribution in [-0.4, -0.2) is 8.07 Å². The second-order valence-corrected chi connectivity index (χ2v) is 13.3. The standard InChI is InChI=1S/C24H30Si/c1-25(2,3)18-17-24(16-10-15-21-11-6-4-7-12-21)20-23(24)19-22-13-8-5-9-14-22/h4-9,11-14,23H,10,15-16,19-20H2,1-3H3. The molecule has 0 nitrogen and oxygen atoms in total. The van der Waals surface area contributed by atoms with E-state index in [0.717, 1.165) is 5.92 Å². The van der Waals surface area contributed by atoms with Gasteiger partial charge in [0.05, 0.1) is 0 Å². The van der Waals surface area contributed by atoms with E-state index < -0.39 is 8.07 Å². The average molecular weight is 347 g/mol. The summed E-state index contributed by atoms with van der Waals surface area (Å²) in [4.78, 5) is 0. The van der Waals surface area contributed by atoms with Gasteiger partial charge >= 0.3 is 0 Å². The maximum atomic E-state index is 3.78. The van der Waals surface area contributed by atoms with Gasteiger partial charge < -0.3 is 0 Å². The van der Waals surface area contributed by atoms with Gasteiger partial charge in [-0.2, -0.15) is 0 Å². The van der Waals surface area contributed by atoms with E-state index in [2.05, 4.69) is 91.8 Å². The van der Waals surface area contributed by atoms with E-state index >= 15 is 0 Å². The molecule has 1 heteroatoms. The van der Waals surface area contributed by atoms with Crippen LogP contribution in [0.2, 0.25) is 19.6 Å². The molecule has 0 aromatic heterocycles. The van der Waals surface area contributed by atoms with Crippen LogP contribution in [0.4, 0.5) is 0 Å². The summed E-state index contributed by atoms with van der Waals surface area (Å²) in [7, 11) is -1.31. The van der Waals surface area contributed by atoms with Crippen LogP contribution in [0.3, 0.4) is 0 Å². The van der Waals surface area contributed by atoms with Gasteiger partial charge in [-0.15, -0.1) is 11.5 Å². The molecule has 0 amide bonds. The Morgan fingerprint density at radius 1 is 0.920 bits per heavy atom. The number of hydrogen-bond donors (Lipinski definition) is 0. The average Bonchev–Trinajstić information content (AvgIpc) is 3.27. The molecule has 0 spiro atoms. The molecule has 1 aliphatic rings. The minimum absolute atomic E-state index is 0.283. The van der Waals surface area contributed by atoms with Crippen molar-refractivity contribution in [3.8, 4) is 11.5 Å². The topological polar surface area (TPSA) is 0 Å². The lowest BCUT2D eigenvalue weighted by atomic mass is 9.93. The molecule has 3 rings (SSSR count). The summed E-state index contributed by atoms with van der Waals surface area (Å²) in [5.41, 5.74) is 6.88. The van der Waals surface area contributed by atoms with Crippen molar-refractivity contribution in [3.63, 3.8) is 0 Å². The number of rotatable bonds is 6. The van der Waals surface area contributed by atoms with Crippen molar-refractivity contribution in [1.29, 1.82) is 0 Å². The molecule has 0 N–H and O–H groups in total. The fraction of sp³-hybridized carbons (Fsp3) is 0.417. The zero-order chi connectivity index (χ0) is 17.8. The Labute approximate surface area is 154 Å². The van der Waals surface area contributed by atoms with E-state index in [9.17, 15) is 0 Å². The van der Waals surface area contributed by atoms with Gasteiger partial charge in [-0.05, 0) is 49.1 Å². The highest BCUT2D eigenvalue weighted by atomic mass is 28.3. The van der Waals surface area contributed by atoms with Gasteiger partial charge in [-0.3, -0.25) is 0 Å². The zero-order valence-electron chi connectivity index (χ0n) is 15.9. The van der Waals surface area contributed by atoms with E-state index in [1.807, 2.05) is 0 Å². The molecule has 0 heterocycles. The second-order valence-electron chi connectivity index (χ2n) is 8.59. The van der Waals surface area contributed by atoms with Gasteiger partial charge in [0, 0.05) is 5.41 Å². The van der Waals surface area contributed by atoms with E-state index in [1.165, 1.54) is 43.2 Å². The third-order valence-corrected chi connectivity index (χ3v) is 6.05. The Bertz CT molecular complexity index is 730. The molecule has 25 heavy (non-hydrogen) atoms. The van der Waals surface area contributed by atoms with Crippen LogP contribution in [-0.2, 0) is 12.8 Å². The Kier molecular flexibility index (Phi) is 5.50. The van der Waals surface area contributed by atoms with Crippen molar-refractivity contribution in [2.24, 2.45) is 11.3 Å². The fourth-order valence-electron chi connectivity index (χ4n) is 3.63. The van der Waals surface area contributed by atoms with Crippen molar-refractivity contribution in [2.75, 3.05) is 0 Å². The lowest BCUT2D eigenvalue weighted by Crippen LogP contribution is -2.17. The van der Waals surface area contributed by atoms with Crippen LogP contribution in [0.25, 0.3) is 0 Å². The second kappa shape index (κ2) is 7.62. The van der Waals surface area contributed by atoms with E-state index in [-0.39, 0.29) is 5.41 Å². The van der Waals surface area contributed by atoms with Crippen LogP contribution < -0.4 is 0 Å². The molecule has 2 aromatic rings. The number of aryl methyl sites for hydroxylation is 1. The van der Waals surface area contributed by atoms with Crippen molar-refractivity contribution in [2.45, 2.75) is 51.7 Å². The monoisotopic (exact) mass is 346 g/mol. The van der Waals surface area contributed by atoms with Crippen LogP contribution >= 0.6 is 0 Å². The summed E-state index contributed by atoms with van der Waals surface area (Å²) >= 11 is 0. The number of benzene rings is 2. The van der Waals surface area contributed by atoms with Crippen LogP contribution in [0.15, 0.2) is 60.7 Å². The lowest BCUT2D eigenvalue weighted by molar-refractivity contribution is 0.512. The van der Waals surface area contributed by atoms with Gasteiger partial charge in [-0.1, -0.05) is 80.3 Å². The molecule has 1 fully saturated rings. The molecule has 0 radical (unpaired) electrons. The summed E-state index contributed by atoms with van der Waals surface area (Å²) < 4.78 is 0. The Balaban J connectivity index is 1.65. The quantitative estimate of drug-likeness (QED) is 0.435. The Hall–Kier alpha value is -1.78. The molecular weight excluding hydrogens is 316 g/mol. The first kappa shape index (κ1) is 18.0. The summed E-state index contributed by atoms with van der Waals surface area (Å²) in [5, 5.41) is 0. The highest BCUT2D eigenvalue weighted by molar-refractivity contribution is 6.83. The Morgan fingerprint density at radius 3 is 2.12 bits per heavy atom.